The van der Waals surface area contributed by atoms with Crippen molar-refractivity contribution in [2.75, 3.05) is 32.8 Å². The molecule has 1 atom stereocenters. The molecule has 2 N–H and O–H groups in total. The molecule has 25 heavy (non-hydrogen) atoms. The molecule has 0 aromatic heterocycles. The first-order chi connectivity index (χ1) is 12.0. The highest BCUT2D eigenvalue weighted by Gasteiger charge is 2.42. The van der Waals surface area contributed by atoms with Crippen LogP contribution in [-0.2, 0) is 4.79 Å². The molecular formula is C19H26N2O4. The number of β-amino-alcohol motifs (C(OH)–C–C–N with tert-alkyl or cyclic N) is 1. The fourth-order valence-corrected chi connectivity index (χ4v) is 4.17. The number of phenolic OH excluding ortho intramolecular Hbond substituents is 1. The topological polar surface area (TPSA) is 81.1 Å². The van der Waals surface area contributed by atoms with Crippen LogP contribution in [0.4, 0.5) is 0 Å². The molecule has 1 spiro atoms. The first-order valence-electron chi connectivity index (χ1n) is 8.92. The zero-order valence-corrected chi connectivity index (χ0v) is 14.7. The van der Waals surface area contributed by atoms with Crippen LogP contribution in [0.3, 0.4) is 0 Å². The normalized spacial score (nSPS) is 24.0. The molecule has 1 aromatic carbocycles. The van der Waals surface area contributed by atoms with Crippen molar-refractivity contribution in [1.82, 2.24) is 9.80 Å². The molecule has 6 nitrogen and oxygen atoms in total. The predicted octanol–water partition coefficient (Wildman–Crippen LogP) is 1.54. The minimum atomic E-state index is -0.0816. The first kappa shape index (κ1) is 17.7. The molecule has 1 aromatic rings. The van der Waals surface area contributed by atoms with E-state index >= 15 is 0 Å². The predicted molar refractivity (Wildman–Crippen MR) is 93.3 cm³/mol. The van der Waals surface area contributed by atoms with Crippen LogP contribution in [0.5, 0.6) is 5.75 Å². The van der Waals surface area contributed by atoms with Crippen LogP contribution in [0.25, 0.3) is 0 Å². The quantitative estimate of drug-likeness (QED) is 0.870. The SMILES string of the molecule is Cc1c(O)cccc1C(=O)N1CCC[C@]2(CCC(=O)N(CCO)C2)C1. The van der Waals surface area contributed by atoms with Crippen molar-refractivity contribution in [2.24, 2.45) is 5.41 Å². The van der Waals surface area contributed by atoms with E-state index in [-0.39, 0.29) is 29.6 Å². The van der Waals surface area contributed by atoms with E-state index in [1.165, 1.54) is 0 Å². The van der Waals surface area contributed by atoms with Gasteiger partial charge in [0.25, 0.3) is 5.91 Å². The number of benzene rings is 1. The Bertz CT molecular complexity index is 675. The highest BCUT2D eigenvalue weighted by molar-refractivity contribution is 5.96. The summed E-state index contributed by atoms with van der Waals surface area (Å²) in [7, 11) is 0. The summed E-state index contributed by atoms with van der Waals surface area (Å²) in [5.74, 6) is 0.167. The Morgan fingerprint density at radius 1 is 1.28 bits per heavy atom. The van der Waals surface area contributed by atoms with Gasteiger partial charge in [-0.2, -0.15) is 0 Å². The van der Waals surface area contributed by atoms with Crippen molar-refractivity contribution < 1.29 is 19.8 Å². The summed E-state index contributed by atoms with van der Waals surface area (Å²) in [4.78, 5) is 28.6. The van der Waals surface area contributed by atoms with Gasteiger partial charge in [-0.1, -0.05) is 6.07 Å². The van der Waals surface area contributed by atoms with E-state index in [4.69, 9.17) is 0 Å². The molecule has 2 heterocycles. The van der Waals surface area contributed by atoms with Crippen molar-refractivity contribution in [3.63, 3.8) is 0 Å². The van der Waals surface area contributed by atoms with E-state index in [0.717, 1.165) is 19.3 Å². The van der Waals surface area contributed by atoms with Gasteiger partial charge in [-0.3, -0.25) is 9.59 Å². The monoisotopic (exact) mass is 346 g/mol. The lowest BCUT2D eigenvalue weighted by Crippen LogP contribution is -2.55. The summed E-state index contributed by atoms with van der Waals surface area (Å²) in [5, 5.41) is 19.1. The Morgan fingerprint density at radius 3 is 2.84 bits per heavy atom. The second kappa shape index (κ2) is 7.04. The van der Waals surface area contributed by atoms with E-state index in [2.05, 4.69) is 0 Å². The number of piperidine rings is 2. The van der Waals surface area contributed by atoms with Gasteiger partial charge in [0.1, 0.15) is 5.75 Å². The lowest BCUT2D eigenvalue weighted by Gasteiger charge is -2.48. The molecule has 2 saturated heterocycles. The molecule has 136 valence electrons. The maximum atomic E-state index is 13.0. The van der Waals surface area contributed by atoms with Crippen LogP contribution in [0.15, 0.2) is 18.2 Å². The first-order valence-corrected chi connectivity index (χ1v) is 8.92. The summed E-state index contributed by atoms with van der Waals surface area (Å²) < 4.78 is 0. The second-order valence-corrected chi connectivity index (χ2v) is 7.32. The molecule has 2 amide bonds. The van der Waals surface area contributed by atoms with Crippen molar-refractivity contribution in [3.8, 4) is 5.75 Å². The van der Waals surface area contributed by atoms with Gasteiger partial charge < -0.3 is 20.0 Å². The number of hydrogen-bond acceptors (Lipinski definition) is 4. The van der Waals surface area contributed by atoms with Gasteiger partial charge in [0.15, 0.2) is 0 Å². The number of aromatic hydroxyl groups is 1. The average molecular weight is 346 g/mol. The summed E-state index contributed by atoms with van der Waals surface area (Å²) in [5.41, 5.74) is 1.06. The van der Waals surface area contributed by atoms with Gasteiger partial charge >= 0.3 is 0 Å². The largest absolute Gasteiger partial charge is 0.508 e. The molecule has 0 unspecified atom stereocenters. The Kier molecular flexibility index (Phi) is 4.99. The van der Waals surface area contributed by atoms with Gasteiger partial charge in [-0.15, -0.1) is 0 Å². The number of likely N-dealkylation sites (tertiary alicyclic amines) is 2. The molecule has 0 saturated carbocycles. The zero-order chi connectivity index (χ0) is 18.0. The molecule has 3 rings (SSSR count). The maximum Gasteiger partial charge on any atom is 0.254 e. The molecule has 0 aliphatic carbocycles. The Balaban J connectivity index is 1.78. The van der Waals surface area contributed by atoms with Crippen LogP contribution >= 0.6 is 0 Å². The van der Waals surface area contributed by atoms with Crippen LogP contribution in [0.1, 0.15) is 41.6 Å². The van der Waals surface area contributed by atoms with Gasteiger partial charge in [0.05, 0.1) is 6.61 Å². The fourth-order valence-electron chi connectivity index (χ4n) is 4.17. The van der Waals surface area contributed by atoms with E-state index < -0.39 is 0 Å². The van der Waals surface area contributed by atoms with Crippen LogP contribution in [0.2, 0.25) is 0 Å². The van der Waals surface area contributed by atoms with Gasteiger partial charge in [0.2, 0.25) is 5.91 Å². The third kappa shape index (κ3) is 3.49. The smallest absolute Gasteiger partial charge is 0.254 e. The van der Waals surface area contributed by atoms with E-state index in [1.54, 1.807) is 30.0 Å². The summed E-state index contributed by atoms with van der Waals surface area (Å²) in [6, 6.07) is 5.03. The Labute approximate surface area is 148 Å². The Morgan fingerprint density at radius 2 is 2.08 bits per heavy atom. The van der Waals surface area contributed by atoms with Crippen LogP contribution < -0.4 is 0 Å². The van der Waals surface area contributed by atoms with Gasteiger partial charge in [-0.25, -0.2) is 0 Å². The summed E-state index contributed by atoms with van der Waals surface area (Å²) >= 11 is 0. The van der Waals surface area contributed by atoms with E-state index in [0.29, 0.717) is 43.7 Å². The van der Waals surface area contributed by atoms with E-state index in [1.807, 2.05) is 4.90 Å². The van der Waals surface area contributed by atoms with Crippen LogP contribution in [-0.4, -0.2) is 64.6 Å². The zero-order valence-electron chi connectivity index (χ0n) is 14.7. The third-order valence-electron chi connectivity index (χ3n) is 5.60. The van der Waals surface area contributed by atoms with Crippen molar-refractivity contribution in [3.05, 3.63) is 29.3 Å². The molecule has 2 fully saturated rings. The number of aliphatic hydroxyl groups excluding tert-OH is 1. The van der Waals surface area contributed by atoms with Crippen LogP contribution in [0, 0.1) is 12.3 Å². The van der Waals surface area contributed by atoms with Crippen molar-refractivity contribution in [1.29, 1.82) is 0 Å². The Hall–Kier alpha value is -2.08. The number of carbonyl (C=O) groups is 2. The van der Waals surface area contributed by atoms with Crippen molar-refractivity contribution >= 4 is 11.8 Å². The number of rotatable bonds is 3. The number of hydrogen-bond donors (Lipinski definition) is 2. The lowest BCUT2D eigenvalue weighted by atomic mass is 9.73. The molecule has 2 aliphatic rings. The number of nitrogens with zero attached hydrogens (tertiary/aromatic N) is 2. The fraction of sp³-hybridized carbons (Fsp3) is 0.579. The number of phenols is 1. The highest BCUT2D eigenvalue weighted by Crippen LogP contribution is 2.39. The lowest BCUT2D eigenvalue weighted by molar-refractivity contribution is -0.139. The minimum Gasteiger partial charge on any atom is -0.508 e. The number of carbonyl (C=O) groups excluding carboxylic acids is 2. The van der Waals surface area contributed by atoms with Crippen molar-refractivity contribution in [2.45, 2.75) is 32.6 Å². The molecule has 0 bridgehead atoms. The third-order valence-corrected chi connectivity index (χ3v) is 5.60. The number of amides is 2. The van der Waals surface area contributed by atoms with Gasteiger partial charge in [0, 0.05) is 49.1 Å². The summed E-state index contributed by atoms with van der Waals surface area (Å²) in [6.45, 7) is 4.01. The molecule has 6 heteroatoms. The van der Waals surface area contributed by atoms with E-state index in [9.17, 15) is 19.8 Å². The highest BCUT2D eigenvalue weighted by atomic mass is 16.3. The maximum absolute atomic E-state index is 13.0. The second-order valence-electron chi connectivity index (χ2n) is 7.32. The molecule has 2 aliphatic heterocycles. The number of aliphatic hydroxyl groups is 1. The summed E-state index contributed by atoms with van der Waals surface area (Å²) in [6.07, 6.45) is 3.17. The molecule has 0 radical (unpaired) electrons. The standard InChI is InChI=1S/C19H26N2O4/c1-14-15(4-2-5-16(14)23)18(25)21-9-3-7-19(13-21)8-6-17(24)20(12-19)10-11-22/h2,4-5,22-23H,3,6-13H2,1H3/t19-/m1/s1. The average Bonchev–Trinajstić information content (AvgIpc) is 2.61. The molecular weight excluding hydrogens is 320 g/mol. The minimum absolute atomic E-state index is 0.0348. The van der Waals surface area contributed by atoms with Gasteiger partial charge in [-0.05, 0) is 38.3 Å².